The third-order valence-corrected chi connectivity index (χ3v) is 6.26. The Morgan fingerprint density at radius 2 is 1.69 bits per heavy atom. The van der Waals surface area contributed by atoms with Crippen LogP contribution in [-0.2, 0) is 25.5 Å². The molecule has 1 aliphatic rings. The number of rotatable bonds is 6. The molecule has 1 aliphatic heterocycles. The maximum atomic E-state index is 13.3. The van der Waals surface area contributed by atoms with Gasteiger partial charge in [-0.3, -0.25) is 19.3 Å². The Balaban J connectivity index is 1.86. The molecule has 0 radical (unpaired) electrons. The number of carbonyl (C=O) groups excluding carboxylic acids is 3. The first-order chi connectivity index (χ1) is 17.2. The summed E-state index contributed by atoms with van der Waals surface area (Å²) in [6.45, 7) is 3.76. The lowest BCUT2D eigenvalue weighted by Gasteiger charge is -2.26. The molecule has 0 aliphatic carbocycles. The molecule has 1 heterocycles. The number of hydrogen-bond donors (Lipinski definition) is 1. The van der Waals surface area contributed by atoms with Crippen LogP contribution in [0.5, 0.6) is 5.75 Å². The van der Waals surface area contributed by atoms with Gasteiger partial charge in [0.25, 0.3) is 11.7 Å². The molecule has 1 atom stereocenters. The molecule has 1 N–H and O–H groups in total. The molecule has 1 amide bonds. The topological polar surface area (TPSA) is 93.1 Å². The van der Waals surface area contributed by atoms with Crippen molar-refractivity contribution in [2.75, 3.05) is 19.1 Å². The second kappa shape index (κ2) is 10.1. The van der Waals surface area contributed by atoms with Crippen molar-refractivity contribution >= 4 is 29.1 Å². The largest absolute Gasteiger partial charge is 0.507 e. The van der Waals surface area contributed by atoms with E-state index in [-0.39, 0.29) is 23.7 Å². The van der Waals surface area contributed by atoms with Crippen molar-refractivity contribution in [3.05, 3.63) is 100 Å². The maximum Gasteiger partial charge on any atom is 0.309 e. The zero-order chi connectivity index (χ0) is 26.0. The minimum atomic E-state index is -0.834. The summed E-state index contributed by atoms with van der Waals surface area (Å²) in [4.78, 5) is 39.7. The quantitative estimate of drug-likeness (QED) is 0.236. The fraction of sp³-hybridized carbons (Fsp3) is 0.207. The summed E-state index contributed by atoms with van der Waals surface area (Å²) >= 11 is 0. The molecule has 1 unspecified atom stereocenters. The number of amides is 1. The molecule has 3 aromatic carbocycles. The van der Waals surface area contributed by atoms with Crippen LogP contribution in [0.4, 0.5) is 5.69 Å². The number of nitrogens with zero attached hydrogens (tertiary/aromatic N) is 1. The molecule has 0 bridgehead atoms. The summed E-state index contributed by atoms with van der Waals surface area (Å²) < 4.78 is 10.0. The molecule has 4 rings (SSSR count). The van der Waals surface area contributed by atoms with Gasteiger partial charge in [0, 0.05) is 11.3 Å². The van der Waals surface area contributed by atoms with Gasteiger partial charge in [-0.05, 0) is 60.9 Å². The van der Waals surface area contributed by atoms with Crippen molar-refractivity contribution in [3.63, 3.8) is 0 Å². The summed E-state index contributed by atoms with van der Waals surface area (Å²) in [7, 11) is 2.88. The van der Waals surface area contributed by atoms with Gasteiger partial charge in [0.1, 0.15) is 11.5 Å². The van der Waals surface area contributed by atoms with Crippen LogP contribution in [0.3, 0.4) is 0 Å². The SMILES string of the molecule is COC(=O)Cc1ccc(N2C(=O)C(=O)/C(=C(\O)c3ccc(OC)c(C)c3)C2c2cccc(C)c2)cc1. The number of hydrogen-bond acceptors (Lipinski definition) is 6. The van der Waals surface area contributed by atoms with Gasteiger partial charge in [-0.1, -0.05) is 42.0 Å². The highest BCUT2D eigenvalue weighted by Gasteiger charge is 2.47. The van der Waals surface area contributed by atoms with Gasteiger partial charge in [-0.2, -0.15) is 0 Å². The smallest absolute Gasteiger partial charge is 0.309 e. The van der Waals surface area contributed by atoms with Gasteiger partial charge in [0.2, 0.25) is 0 Å². The van der Waals surface area contributed by atoms with E-state index >= 15 is 0 Å². The molecule has 184 valence electrons. The average Bonchev–Trinajstić information content (AvgIpc) is 3.14. The van der Waals surface area contributed by atoms with Gasteiger partial charge < -0.3 is 14.6 Å². The fourth-order valence-corrected chi connectivity index (χ4v) is 4.45. The van der Waals surface area contributed by atoms with Gasteiger partial charge in [-0.15, -0.1) is 0 Å². The maximum absolute atomic E-state index is 13.3. The number of benzene rings is 3. The van der Waals surface area contributed by atoms with Crippen LogP contribution >= 0.6 is 0 Å². The summed E-state index contributed by atoms with van der Waals surface area (Å²) in [6, 6.07) is 18.5. The third kappa shape index (κ3) is 4.60. The number of anilines is 1. The van der Waals surface area contributed by atoms with Crippen LogP contribution in [-0.4, -0.2) is 37.0 Å². The summed E-state index contributed by atoms with van der Waals surface area (Å²) in [6.07, 6.45) is 0.0910. The van der Waals surface area contributed by atoms with Crippen LogP contribution in [0.15, 0.2) is 72.3 Å². The summed E-state index contributed by atoms with van der Waals surface area (Å²) in [5.41, 5.74) is 4.03. The Morgan fingerprint density at radius 3 is 2.31 bits per heavy atom. The number of carbonyl (C=O) groups is 3. The Kier molecular flexibility index (Phi) is 6.92. The number of Topliss-reactive ketones (excluding diaryl/α,β-unsaturated/α-hetero) is 1. The number of methoxy groups -OCH3 is 2. The fourth-order valence-electron chi connectivity index (χ4n) is 4.45. The van der Waals surface area contributed by atoms with E-state index < -0.39 is 17.7 Å². The van der Waals surface area contributed by atoms with Crippen molar-refractivity contribution in [1.82, 2.24) is 0 Å². The summed E-state index contributed by atoms with van der Waals surface area (Å²) in [5, 5.41) is 11.3. The summed E-state index contributed by atoms with van der Waals surface area (Å²) in [5.74, 6) is -1.50. The molecule has 36 heavy (non-hydrogen) atoms. The second-order valence-corrected chi connectivity index (χ2v) is 8.69. The van der Waals surface area contributed by atoms with Gasteiger partial charge in [0.05, 0.1) is 32.3 Å². The van der Waals surface area contributed by atoms with E-state index in [0.717, 1.165) is 11.1 Å². The molecule has 1 saturated heterocycles. The monoisotopic (exact) mass is 485 g/mol. The predicted octanol–water partition coefficient (Wildman–Crippen LogP) is 4.65. The van der Waals surface area contributed by atoms with E-state index in [1.165, 1.54) is 12.0 Å². The standard InChI is InChI=1S/C29H27NO6/c1-17-6-5-7-20(14-17)26-25(27(32)21-10-13-23(35-3)18(2)15-21)28(33)29(34)30(26)22-11-8-19(9-12-22)16-24(31)36-4/h5-15,26,32H,16H2,1-4H3/b27-25-. The van der Waals surface area contributed by atoms with Crippen molar-refractivity contribution in [2.45, 2.75) is 26.3 Å². The molecule has 0 aromatic heterocycles. The number of ether oxygens (including phenoxy) is 2. The van der Waals surface area contributed by atoms with Crippen molar-refractivity contribution in [2.24, 2.45) is 0 Å². The zero-order valence-corrected chi connectivity index (χ0v) is 20.6. The van der Waals surface area contributed by atoms with Crippen LogP contribution < -0.4 is 9.64 Å². The number of aliphatic hydroxyl groups is 1. The lowest BCUT2D eigenvalue weighted by molar-refractivity contribution is -0.139. The van der Waals surface area contributed by atoms with E-state index in [1.807, 2.05) is 38.1 Å². The average molecular weight is 486 g/mol. The lowest BCUT2D eigenvalue weighted by atomic mass is 9.93. The highest BCUT2D eigenvalue weighted by Crippen LogP contribution is 2.42. The Morgan fingerprint density at radius 1 is 0.972 bits per heavy atom. The van der Waals surface area contributed by atoms with E-state index in [9.17, 15) is 19.5 Å². The van der Waals surface area contributed by atoms with Crippen molar-refractivity contribution in [3.8, 4) is 5.75 Å². The lowest BCUT2D eigenvalue weighted by Crippen LogP contribution is -2.29. The minimum absolute atomic E-state index is 0.00815. The second-order valence-electron chi connectivity index (χ2n) is 8.69. The number of esters is 1. The Hall–Kier alpha value is -4.39. The van der Waals surface area contributed by atoms with E-state index in [1.54, 1.807) is 49.6 Å². The first-order valence-corrected chi connectivity index (χ1v) is 11.4. The Labute approximate surface area is 209 Å². The van der Waals surface area contributed by atoms with Gasteiger partial charge in [-0.25, -0.2) is 0 Å². The molecular formula is C29H27NO6. The van der Waals surface area contributed by atoms with Crippen LogP contribution in [0.1, 0.15) is 33.9 Å². The van der Waals surface area contributed by atoms with E-state index in [4.69, 9.17) is 9.47 Å². The normalized spacial score (nSPS) is 16.8. The highest BCUT2D eigenvalue weighted by atomic mass is 16.5. The molecule has 1 fully saturated rings. The van der Waals surface area contributed by atoms with Crippen LogP contribution in [0, 0.1) is 13.8 Å². The molecule has 3 aromatic rings. The highest BCUT2D eigenvalue weighted by molar-refractivity contribution is 6.51. The van der Waals surface area contributed by atoms with E-state index in [0.29, 0.717) is 28.1 Å². The number of aliphatic hydroxyl groups excluding tert-OH is 1. The number of ketones is 1. The van der Waals surface area contributed by atoms with Crippen LogP contribution in [0.25, 0.3) is 5.76 Å². The minimum Gasteiger partial charge on any atom is -0.507 e. The first-order valence-electron chi connectivity index (χ1n) is 11.4. The zero-order valence-electron chi connectivity index (χ0n) is 20.6. The first kappa shape index (κ1) is 24.7. The molecule has 7 heteroatoms. The molecule has 0 spiro atoms. The number of aryl methyl sites for hydroxylation is 2. The van der Waals surface area contributed by atoms with Crippen molar-refractivity contribution in [1.29, 1.82) is 0 Å². The van der Waals surface area contributed by atoms with Gasteiger partial charge in [0.15, 0.2) is 0 Å². The predicted molar refractivity (Wildman–Crippen MR) is 136 cm³/mol. The molecular weight excluding hydrogens is 458 g/mol. The van der Waals surface area contributed by atoms with Gasteiger partial charge >= 0.3 is 5.97 Å². The molecule has 7 nitrogen and oxygen atoms in total. The van der Waals surface area contributed by atoms with Crippen molar-refractivity contribution < 1.29 is 29.0 Å². The Bertz CT molecular complexity index is 1370. The van der Waals surface area contributed by atoms with E-state index in [2.05, 4.69) is 0 Å². The molecule has 0 saturated carbocycles. The third-order valence-electron chi connectivity index (χ3n) is 6.26. The van der Waals surface area contributed by atoms with Crippen LogP contribution in [0.2, 0.25) is 0 Å².